The van der Waals surface area contributed by atoms with E-state index in [1.807, 2.05) is 0 Å². The summed E-state index contributed by atoms with van der Waals surface area (Å²) in [5.74, 6) is -4.25. The first-order valence-corrected chi connectivity index (χ1v) is 3.55. The molecule has 15 heavy (non-hydrogen) atoms. The van der Waals surface area contributed by atoms with Crippen molar-refractivity contribution in [2.45, 2.75) is 0 Å². The highest BCUT2D eigenvalue weighted by atomic mass is 16.4. The Kier molecular flexibility index (Phi) is 2.54. The summed E-state index contributed by atoms with van der Waals surface area (Å²) in [5.41, 5.74) is 6.86. The highest BCUT2D eigenvalue weighted by Gasteiger charge is 2.19. The van der Waals surface area contributed by atoms with Gasteiger partial charge in [0.25, 0.3) is 0 Å². The fraction of sp³-hybridized carbons (Fsp3) is 0. The third kappa shape index (κ3) is 1.69. The van der Waals surface area contributed by atoms with E-state index in [4.69, 9.17) is 20.9 Å². The van der Waals surface area contributed by atoms with Gasteiger partial charge < -0.3 is 20.4 Å². The molecule has 1 aromatic carbocycles. The number of aromatic carboxylic acids is 1. The average molecular weight is 211 g/mol. The lowest BCUT2D eigenvalue weighted by atomic mass is 10.1. The summed E-state index contributed by atoms with van der Waals surface area (Å²) in [6.45, 7) is 0. The van der Waals surface area contributed by atoms with Gasteiger partial charge in [-0.15, -0.1) is 0 Å². The molecule has 1 aromatic rings. The standard InChI is InChI=1S/C7H5N3O5/c8-10-9-4-2(7(14)15)1-3(11)5(12)6(4)13/h1,11-13H,(H,14,15). The third-order valence-corrected chi connectivity index (χ3v) is 1.60. The van der Waals surface area contributed by atoms with Gasteiger partial charge in [0.2, 0.25) is 5.75 Å². The van der Waals surface area contributed by atoms with Crippen LogP contribution in [0.25, 0.3) is 10.4 Å². The zero-order valence-electron chi connectivity index (χ0n) is 7.12. The molecule has 8 nitrogen and oxygen atoms in total. The fourth-order valence-corrected chi connectivity index (χ4v) is 0.943. The summed E-state index contributed by atoms with van der Waals surface area (Å²) in [4.78, 5) is 12.9. The van der Waals surface area contributed by atoms with Crippen molar-refractivity contribution in [1.82, 2.24) is 0 Å². The number of benzene rings is 1. The van der Waals surface area contributed by atoms with Crippen LogP contribution in [0.2, 0.25) is 0 Å². The molecule has 0 aromatic heterocycles. The smallest absolute Gasteiger partial charge is 0.336 e. The van der Waals surface area contributed by atoms with Gasteiger partial charge in [-0.2, -0.15) is 0 Å². The van der Waals surface area contributed by atoms with E-state index in [0.717, 1.165) is 0 Å². The van der Waals surface area contributed by atoms with Crippen molar-refractivity contribution in [3.8, 4) is 17.2 Å². The van der Waals surface area contributed by atoms with Crippen LogP contribution in [0.5, 0.6) is 17.2 Å². The van der Waals surface area contributed by atoms with Crippen molar-refractivity contribution in [2.75, 3.05) is 0 Å². The maximum Gasteiger partial charge on any atom is 0.336 e. The van der Waals surface area contributed by atoms with E-state index < -0.39 is 34.5 Å². The van der Waals surface area contributed by atoms with Gasteiger partial charge in [0.15, 0.2) is 11.5 Å². The summed E-state index contributed by atoms with van der Waals surface area (Å²) in [7, 11) is 0. The molecule has 0 saturated heterocycles. The number of hydrogen-bond acceptors (Lipinski definition) is 5. The largest absolute Gasteiger partial charge is 0.504 e. The van der Waals surface area contributed by atoms with Gasteiger partial charge in [-0.05, 0) is 11.6 Å². The van der Waals surface area contributed by atoms with Crippen molar-refractivity contribution in [2.24, 2.45) is 5.11 Å². The van der Waals surface area contributed by atoms with Crippen LogP contribution in [-0.2, 0) is 0 Å². The number of azide groups is 1. The highest BCUT2D eigenvalue weighted by Crippen LogP contribution is 2.44. The molecular weight excluding hydrogens is 206 g/mol. The van der Waals surface area contributed by atoms with Crippen LogP contribution in [0.3, 0.4) is 0 Å². The second-order valence-electron chi connectivity index (χ2n) is 2.48. The van der Waals surface area contributed by atoms with Gasteiger partial charge >= 0.3 is 5.97 Å². The minimum Gasteiger partial charge on any atom is -0.504 e. The van der Waals surface area contributed by atoms with Crippen molar-refractivity contribution < 1.29 is 25.2 Å². The summed E-state index contributed by atoms with van der Waals surface area (Å²) in [6, 6.07) is 0.668. The summed E-state index contributed by atoms with van der Waals surface area (Å²) < 4.78 is 0. The van der Waals surface area contributed by atoms with Crippen LogP contribution >= 0.6 is 0 Å². The molecule has 0 saturated carbocycles. The predicted molar refractivity (Wildman–Crippen MR) is 47.2 cm³/mol. The summed E-state index contributed by atoms with van der Waals surface area (Å²) >= 11 is 0. The lowest BCUT2D eigenvalue weighted by Gasteiger charge is -2.06. The van der Waals surface area contributed by atoms with Crippen LogP contribution in [-0.4, -0.2) is 26.4 Å². The SMILES string of the molecule is [N-]=[N+]=Nc1c(C(=O)O)cc(O)c(O)c1O. The molecule has 0 radical (unpaired) electrons. The average Bonchev–Trinajstić information content (AvgIpc) is 2.18. The van der Waals surface area contributed by atoms with E-state index in [2.05, 4.69) is 10.0 Å². The van der Waals surface area contributed by atoms with Gasteiger partial charge in [-0.1, -0.05) is 5.11 Å². The van der Waals surface area contributed by atoms with E-state index in [1.54, 1.807) is 0 Å². The lowest BCUT2D eigenvalue weighted by molar-refractivity contribution is 0.0697. The van der Waals surface area contributed by atoms with Gasteiger partial charge in [0, 0.05) is 4.91 Å². The molecule has 0 spiro atoms. The minimum absolute atomic E-state index is 0.611. The predicted octanol–water partition coefficient (Wildman–Crippen LogP) is 1.44. The molecule has 0 heterocycles. The van der Waals surface area contributed by atoms with Crippen LogP contribution < -0.4 is 0 Å². The second-order valence-corrected chi connectivity index (χ2v) is 2.48. The monoisotopic (exact) mass is 211 g/mol. The molecule has 0 unspecified atom stereocenters. The molecule has 1 rings (SSSR count). The number of phenols is 3. The number of hydrogen-bond donors (Lipinski definition) is 4. The quantitative estimate of drug-likeness (QED) is 0.253. The van der Waals surface area contributed by atoms with Crippen molar-refractivity contribution in [3.63, 3.8) is 0 Å². The Balaban J connectivity index is 3.64. The fourth-order valence-electron chi connectivity index (χ4n) is 0.943. The number of carbonyl (C=O) groups is 1. The zero-order valence-corrected chi connectivity index (χ0v) is 7.12. The Labute approximate surface area is 82.3 Å². The molecule has 0 atom stereocenters. The number of nitrogens with zero attached hydrogens (tertiary/aromatic N) is 3. The Morgan fingerprint density at radius 2 is 1.93 bits per heavy atom. The number of rotatable bonds is 2. The topological polar surface area (TPSA) is 147 Å². The highest BCUT2D eigenvalue weighted by molar-refractivity contribution is 5.96. The maximum absolute atomic E-state index is 10.6. The number of carboxylic acid groups (broad SMARTS) is 1. The molecule has 4 N–H and O–H groups in total. The lowest BCUT2D eigenvalue weighted by Crippen LogP contribution is -1.96. The van der Waals surface area contributed by atoms with E-state index in [0.29, 0.717) is 6.07 Å². The Bertz CT molecular complexity index is 478. The molecule has 0 aliphatic rings. The van der Waals surface area contributed by atoms with Crippen molar-refractivity contribution >= 4 is 11.7 Å². The normalized spacial score (nSPS) is 9.33. The third-order valence-electron chi connectivity index (χ3n) is 1.60. The minimum atomic E-state index is -1.51. The molecule has 8 heteroatoms. The molecule has 0 bridgehead atoms. The summed E-state index contributed by atoms with van der Waals surface area (Å²) in [6.07, 6.45) is 0. The molecular formula is C7H5N3O5. The van der Waals surface area contributed by atoms with Gasteiger partial charge in [0.05, 0.1) is 11.3 Å². The number of aromatic hydroxyl groups is 3. The first-order chi connectivity index (χ1) is 6.99. The Morgan fingerprint density at radius 1 is 1.33 bits per heavy atom. The number of carboxylic acids is 1. The Hall–Kier alpha value is -2.60. The molecule has 0 aliphatic carbocycles. The van der Waals surface area contributed by atoms with E-state index >= 15 is 0 Å². The van der Waals surface area contributed by atoms with Gasteiger partial charge in [0.1, 0.15) is 0 Å². The van der Waals surface area contributed by atoms with Gasteiger partial charge in [-0.25, -0.2) is 4.79 Å². The first-order valence-electron chi connectivity index (χ1n) is 3.55. The second kappa shape index (κ2) is 3.64. The first kappa shape index (κ1) is 10.5. The molecule has 0 fully saturated rings. The van der Waals surface area contributed by atoms with E-state index in [-0.39, 0.29) is 0 Å². The van der Waals surface area contributed by atoms with Crippen LogP contribution in [0, 0.1) is 0 Å². The number of phenolic OH excluding ortho intramolecular Hbond substituents is 3. The van der Waals surface area contributed by atoms with Crippen molar-refractivity contribution in [1.29, 1.82) is 0 Å². The summed E-state index contributed by atoms with van der Waals surface area (Å²) in [5, 5.41) is 38.8. The van der Waals surface area contributed by atoms with Crippen molar-refractivity contribution in [3.05, 3.63) is 22.1 Å². The van der Waals surface area contributed by atoms with Gasteiger partial charge in [-0.3, -0.25) is 0 Å². The molecule has 0 amide bonds. The maximum atomic E-state index is 10.6. The zero-order chi connectivity index (χ0) is 11.6. The molecule has 0 aliphatic heterocycles. The van der Waals surface area contributed by atoms with Crippen LogP contribution in [0.4, 0.5) is 5.69 Å². The van der Waals surface area contributed by atoms with E-state index in [9.17, 15) is 9.90 Å². The van der Waals surface area contributed by atoms with Crippen LogP contribution in [0.15, 0.2) is 11.2 Å². The van der Waals surface area contributed by atoms with Crippen LogP contribution in [0.1, 0.15) is 10.4 Å². The molecule has 78 valence electrons. The Morgan fingerprint density at radius 3 is 2.40 bits per heavy atom. The van der Waals surface area contributed by atoms with E-state index in [1.165, 1.54) is 0 Å².